The molecule has 0 spiro atoms. The highest BCUT2D eigenvalue weighted by atomic mass is 16.4. The Kier molecular flexibility index (Phi) is 5.40. The Hall–Kier alpha value is -1.30. The van der Waals surface area contributed by atoms with Gasteiger partial charge in [0.2, 0.25) is 0 Å². The highest BCUT2D eigenvalue weighted by Crippen LogP contribution is 2.35. The van der Waals surface area contributed by atoms with Gasteiger partial charge in [0.1, 0.15) is 5.54 Å². The lowest BCUT2D eigenvalue weighted by molar-refractivity contribution is -0.140. The van der Waals surface area contributed by atoms with E-state index in [0.717, 1.165) is 26.1 Å². The zero-order chi connectivity index (χ0) is 13.6. The molecule has 0 radical (unpaired) electrons. The molecule has 0 aliphatic heterocycles. The Labute approximate surface area is 108 Å². The maximum absolute atomic E-state index is 11.5. The molecule has 1 fully saturated rings. The minimum Gasteiger partial charge on any atom is -0.480 e. The number of carbonyl (C=O) groups is 2. The second-order valence-electron chi connectivity index (χ2n) is 4.70. The molecule has 1 aliphatic rings. The van der Waals surface area contributed by atoms with Gasteiger partial charge >= 0.3 is 12.0 Å². The van der Waals surface area contributed by atoms with Crippen LogP contribution in [-0.4, -0.2) is 53.7 Å². The molecule has 3 N–H and O–H groups in total. The van der Waals surface area contributed by atoms with Gasteiger partial charge in [-0.05, 0) is 32.4 Å². The van der Waals surface area contributed by atoms with E-state index in [-0.39, 0.29) is 6.03 Å². The average Bonchev–Trinajstić information content (AvgIpc) is 3.09. The van der Waals surface area contributed by atoms with Crippen molar-refractivity contribution < 1.29 is 14.7 Å². The third-order valence-electron chi connectivity index (χ3n) is 3.21. The summed E-state index contributed by atoms with van der Waals surface area (Å²) in [5.41, 5.74) is -1.00. The van der Waals surface area contributed by atoms with Gasteiger partial charge in [0.05, 0.1) is 0 Å². The van der Waals surface area contributed by atoms with Crippen LogP contribution in [-0.2, 0) is 4.79 Å². The summed E-state index contributed by atoms with van der Waals surface area (Å²) < 4.78 is 0. The van der Waals surface area contributed by atoms with Crippen molar-refractivity contribution in [1.82, 2.24) is 15.5 Å². The second-order valence-corrected chi connectivity index (χ2v) is 4.70. The van der Waals surface area contributed by atoms with Crippen LogP contribution < -0.4 is 10.6 Å². The summed E-state index contributed by atoms with van der Waals surface area (Å²) in [6, 6.07) is -0.387. The molecule has 6 nitrogen and oxygen atoms in total. The Bertz CT molecular complexity index is 303. The normalized spacial score (nSPS) is 16.4. The van der Waals surface area contributed by atoms with Gasteiger partial charge in [-0.15, -0.1) is 0 Å². The molecule has 0 heterocycles. The van der Waals surface area contributed by atoms with E-state index in [9.17, 15) is 9.59 Å². The molecule has 0 aromatic rings. The fourth-order valence-corrected chi connectivity index (χ4v) is 1.85. The largest absolute Gasteiger partial charge is 0.480 e. The standard InChI is InChI=1S/C12H23N3O3/c1-3-8-15(4-2)9-7-13-11(18)14-12(5-6-12)10(16)17/h3-9H2,1-2H3,(H,16,17)(H2,13,14,18). The van der Waals surface area contributed by atoms with E-state index in [1.807, 2.05) is 0 Å². The minimum absolute atomic E-state index is 0.387. The molecule has 0 saturated heterocycles. The molecule has 2 amide bonds. The van der Waals surface area contributed by atoms with Crippen molar-refractivity contribution in [3.05, 3.63) is 0 Å². The Morgan fingerprint density at radius 1 is 1.28 bits per heavy atom. The van der Waals surface area contributed by atoms with Gasteiger partial charge in [0, 0.05) is 13.1 Å². The number of carbonyl (C=O) groups excluding carboxylic acids is 1. The average molecular weight is 257 g/mol. The number of carboxylic acids is 1. The summed E-state index contributed by atoms with van der Waals surface area (Å²) in [4.78, 5) is 24.6. The fraction of sp³-hybridized carbons (Fsp3) is 0.833. The predicted molar refractivity (Wildman–Crippen MR) is 68.5 cm³/mol. The van der Waals surface area contributed by atoms with Gasteiger partial charge in [-0.2, -0.15) is 0 Å². The molecule has 1 saturated carbocycles. The molecule has 0 unspecified atom stereocenters. The predicted octanol–water partition coefficient (Wildman–Crippen LogP) is 0.635. The van der Waals surface area contributed by atoms with Crippen LogP contribution in [0.5, 0.6) is 0 Å². The molecule has 0 bridgehead atoms. The monoisotopic (exact) mass is 257 g/mol. The Balaban J connectivity index is 2.19. The number of amides is 2. The second kappa shape index (κ2) is 6.58. The molecule has 1 aliphatic carbocycles. The number of urea groups is 1. The smallest absolute Gasteiger partial charge is 0.329 e. The first-order valence-corrected chi connectivity index (χ1v) is 6.56. The SMILES string of the molecule is CCCN(CC)CCNC(=O)NC1(C(=O)O)CC1. The quantitative estimate of drug-likeness (QED) is 0.596. The van der Waals surface area contributed by atoms with E-state index in [1.54, 1.807) is 0 Å². The summed E-state index contributed by atoms with van der Waals surface area (Å²) in [7, 11) is 0. The highest BCUT2D eigenvalue weighted by molar-refractivity contribution is 5.88. The number of aliphatic carboxylic acids is 1. The summed E-state index contributed by atoms with van der Waals surface area (Å²) in [6.07, 6.45) is 2.13. The van der Waals surface area contributed by atoms with Gasteiger partial charge in [0.15, 0.2) is 0 Å². The van der Waals surface area contributed by atoms with Crippen LogP contribution in [0.4, 0.5) is 4.79 Å². The highest BCUT2D eigenvalue weighted by Gasteiger charge is 2.51. The van der Waals surface area contributed by atoms with Gasteiger partial charge < -0.3 is 20.6 Å². The van der Waals surface area contributed by atoms with E-state index < -0.39 is 11.5 Å². The molecule has 18 heavy (non-hydrogen) atoms. The van der Waals surface area contributed by atoms with Crippen LogP contribution in [0, 0.1) is 0 Å². The number of rotatable bonds is 8. The van der Waals surface area contributed by atoms with Crippen molar-refractivity contribution in [1.29, 1.82) is 0 Å². The topological polar surface area (TPSA) is 81.7 Å². The van der Waals surface area contributed by atoms with Gasteiger partial charge in [-0.1, -0.05) is 13.8 Å². The molecule has 1 rings (SSSR count). The van der Waals surface area contributed by atoms with Crippen molar-refractivity contribution in [2.45, 2.75) is 38.6 Å². The van der Waals surface area contributed by atoms with Crippen molar-refractivity contribution in [2.24, 2.45) is 0 Å². The van der Waals surface area contributed by atoms with E-state index >= 15 is 0 Å². The van der Waals surface area contributed by atoms with Crippen LogP contribution in [0.1, 0.15) is 33.1 Å². The maximum Gasteiger partial charge on any atom is 0.329 e. The lowest BCUT2D eigenvalue weighted by Crippen LogP contribution is -2.49. The zero-order valence-corrected chi connectivity index (χ0v) is 11.2. The van der Waals surface area contributed by atoms with E-state index in [0.29, 0.717) is 19.4 Å². The third kappa shape index (κ3) is 4.18. The first kappa shape index (κ1) is 14.8. The first-order chi connectivity index (χ1) is 8.54. The Morgan fingerprint density at radius 3 is 2.39 bits per heavy atom. The summed E-state index contributed by atoms with van der Waals surface area (Å²) in [5, 5.41) is 14.1. The number of carboxylic acid groups (broad SMARTS) is 1. The van der Waals surface area contributed by atoms with Gasteiger partial charge in [-0.25, -0.2) is 9.59 Å². The fourth-order valence-electron chi connectivity index (χ4n) is 1.85. The van der Waals surface area contributed by atoms with Crippen molar-refractivity contribution >= 4 is 12.0 Å². The van der Waals surface area contributed by atoms with Crippen LogP contribution in [0.3, 0.4) is 0 Å². The summed E-state index contributed by atoms with van der Waals surface area (Å²) in [6.45, 7) is 7.49. The number of likely N-dealkylation sites (N-methyl/N-ethyl adjacent to an activating group) is 1. The molecular weight excluding hydrogens is 234 g/mol. The van der Waals surface area contributed by atoms with Gasteiger partial charge in [0.25, 0.3) is 0 Å². The van der Waals surface area contributed by atoms with Crippen LogP contribution >= 0.6 is 0 Å². The molecule has 0 aromatic carbocycles. The van der Waals surface area contributed by atoms with Crippen molar-refractivity contribution in [3.63, 3.8) is 0 Å². The van der Waals surface area contributed by atoms with Crippen molar-refractivity contribution in [3.8, 4) is 0 Å². The number of hydrogen-bond acceptors (Lipinski definition) is 3. The minimum atomic E-state index is -1.00. The number of nitrogens with zero attached hydrogens (tertiary/aromatic N) is 1. The zero-order valence-electron chi connectivity index (χ0n) is 11.2. The molecule has 104 valence electrons. The third-order valence-corrected chi connectivity index (χ3v) is 3.21. The first-order valence-electron chi connectivity index (χ1n) is 6.56. The van der Waals surface area contributed by atoms with E-state index in [2.05, 4.69) is 29.4 Å². The number of hydrogen-bond donors (Lipinski definition) is 3. The lowest BCUT2D eigenvalue weighted by atomic mass is 10.3. The summed E-state index contributed by atoms with van der Waals surface area (Å²) in [5.74, 6) is -0.946. The van der Waals surface area contributed by atoms with Crippen LogP contribution in [0.25, 0.3) is 0 Å². The molecular formula is C12H23N3O3. The van der Waals surface area contributed by atoms with E-state index in [1.165, 1.54) is 0 Å². The van der Waals surface area contributed by atoms with Crippen molar-refractivity contribution in [2.75, 3.05) is 26.2 Å². The number of nitrogens with one attached hydrogen (secondary N) is 2. The molecule has 6 heteroatoms. The lowest BCUT2D eigenvalue weighted by Gasteiger charge is -2.20. The van der Waals surface area contributed by atoms with Crippen LogP contribution in [0.2, 0.25) is 0 Å². The van der Waals surface area contributed by atoms with Gasteiger partial charge in [-0.3, -0.25) is 0 Å². The Morgan fingerprint density at radius 2 is 1.94 bits per heavy atom. The maximum atomic E-state index is 11.5. The van der Waals surface area contributed by atoms with Crippen LogP contribution in [0.15, 0.2) is 0 Å². The molecule has 0 aromatic heterocycles. The molecule has 0 atom stereocenters. The summed E-state index contributed by atoms with van der Waals surface area (Å²) >= 11 is 0. The van der Waals surface area contributed by atoms with E-state index in [4.69, 9.17) is 5.11 Å².